The summed E-state index contributed by atoms with van der Waals surface area (Å²) < 4.78 is 5.74. The SMILES string of the molecule is N=C(c1cn[nH]c1)c1cc(OCc2c(Cl)cncc2Cl)ccc1N. The van der Waals surface area contributed by atoms with Crippen LogP contribution in [-0.2, 0) is 6.61 Å². The summed E-state index contributed by atoms with van der Waals surface area (Å²) in [4.78, 5) is 3.90. The van der Waals surface area contributed by atoms with Gasteiger partial charge in [-0.05, 0) is 18.2 Å². The van der Waals surface area contributed by atoms with Crippen LogP contribution in [0.3, 0.4) is 0 Å². The average Bonchev–Trinajstić information content (AvgIpc) is 3.09. The van der Waals surface area contributed by atoms with E-state index >= 15 is 0 Å². The second-order valence-electron chi connectivity index (χ2n) is 4.98. The third-order valence-electron chi connectivity index (χ3n) is 3.42. The van der Waals surface area contributed by atoms with Gasteiger partial charge in [-0.1, -0.05) is 23.2 Å². The number of nitrogens with two attached hydrogens (primary N) is 1. The van der Waals surface area contributed by atoms with Gasteiger partial charge in [0.2, 0.25) is 0 Å². The monoisotopic (exact) mass is 361 g/mol. The Balaban J connectivity index is 1.83. The van der Waals surface area contributed by atoms with Crippen LogP contribution in [-0.4, -0.2) is 20.9 Å². The number of nitrogen functional groups attached to an aromatic ring is 1. The number of nitrogens with one attached hydrogen (secondary N) is 2. The van der Waals surface area contributed by atoms with E-state index in [0.717, 1.165) is 0 Å². The van der Waals surface area contributed by atoms with Crippen molar-refractivity contribution in [3.8, 4) is 5.75 Å². The summed E-state index contributed by atoms with van der Waals surface area (Å²) in [5.41, 5.74) is 8.55. The fourth-order valence-electron chi connectivity index (χ4n) is 2.12. The summed E-state index contributed by atoms with van der Waals surface area (Å²) in [5.74, 6) is 0.552. The van der Waals surface area contributed by atoms with Crippen LogP contribution in [0.4, 0.5) is 5.69 Å². The minimum absolute atomic E-state index is 0.183. The predicted molar refractivity (Wildman–Crippen MR) is 94.0 cm³/mol. The first-order valence-electron chi connectivity index (χ1n) is 6.94. The van der Waals surface area contributed by atoms with Crippen LogP contribution in [0.2, 0.25) is 10.0 Å². The third kappa shape index (κ3) is 3.34. The molecular weight excluding hydrogens is 349 g/mol. The molecule has 0 radical (unpaired) electrons. The summed E-state index contributed by atoms with van der Waals surface area (Å²) >= 11 is 12.2. The van der Waals surface area contributed by atoms with Crippen LogP contribution >= 0.6 is 23.2 Å². The molecular formula is C16H13Cl2N5O. The minimum Gasteiger partial charge on any atom is -0.489 e. The molecule has 2 heterocycles. The molecule has 8 heteroatoms. The Bertz CT molecular complexity index is 860. The molecule has 3 aromatic rings. The first kappa shape index (κ1) is 16.3. The number of nitrogens with zero attached hydrogens (tertiary/aromatic N) is 2. The molecule has 0 saturated carbocycles. The maximum atomic E-state index is 8.24. The van der Waals surface area contributed by atoms with Gasteiger partial charge in [-0.15, -0.1) is 0 Å². The highest BCUT2D eigenvalue weighted by molar-refractivity contribution is 6.35. The van der Waals surface area contributed by atoms with E-state index in [4.69, 9.17) is 39.1 Å². The number of pyridine rings is 1. The summed E-state index contributed by atoms with van der Waals surface area (Å²) in [6, 6.07) is 5.12. The number of anilines is 1. The van der Waals surface area contributed by atoms with Gasteiger partial charge in [-0.2, -0.15) is 5.10 Å². The first-order valence-corrected chi connectivity index (χ1v) is 7.70. The van der Waals surface area contributed by atoms with Gasteiger partial charge >= 0.3 is 0 Å². The van der Waals surface area contributed by atoms with Gasteiger partial charge in [0.25, 0.3) is 0 Å². The van der Waals surface area contributed by atoms with Crippen LogP contribution < -0.4 is 10.5 Å². The van der Waals surface area contributed by atoms with E-state index in [2.05, 4.69) is 15.2 Å². The highest BCUT2D eigenvalue weighted by Crippen LogP contribution is 2.27. The quantitative estimate of drug-likeness (QED) is 0.476. The maximum Gasteiger partial charge on any atom is 0.120 e. The summed E-state index contributed by atoms with van der Waals surface area (Å²) in [7, 11) is 0. The number of halogens is 2. The van der Waals surface area contributed by atoms with Crippen molar-refractivity contribution >= 4 is 34.6 Å². The van der Waals surface area contributed by atoms with Gasteiger partial charge in [0.05, 0.1) is 22.0 Å². The van der Waals surface area contributed by atoms with E-state index in [1.54, 1.807) is 30.6 Å². The molecule has 1 aromatic carbocycles. The Morgan fingerprint density at radius 1 is 1.21 bits per heavy atom. The smallest absolute Gasteiger partial charge is 0.120 e. The van der Waals surface area contributed by atoms with Gasteiger partial charge in [0.1, 0.15) is 12.4 Å². The Kier molecular flexibility index (Phi) is 4.69. The van der Waals surface area contributed by atoms with Crippen LogP contribution in [0.25, 0.3) is 0 Å². The number of benzene rings is 1. The lowest BCUT2D eigenvalue weighted by Crippen LogP contribution is -2.06. The van der Waals surface area contributed by atoms with E-state index < -0.39 is 0 Å². The summed E-state index contributed by atoms with van der Waals surface area (Å²) in [6.45, 7) is 0.183. The van der Waals surface area contributed by atoms with Crippen molar-refractivity contribution in [1.82, 2.24) is 15.2 Å². The Morgan fingerprint density at radius 2 is 1.96 bits per heavy atom. The minimum atomic E-state index is 0.183. The predicted octanol–water partition coefficient (Wildman–Crippen LogP) is 3.69. The topological polar surface area (TPSA) is 101 Å². The van der Waals surface area contributed by atoms with E-state index in [0.29, 0.717) is 38.2 Å². The molecule has 3 rings (SSSR count). The van der Waals surface area contributed by atoms with Crippen LogP contribution in [0.1, 0.15) is 16.7 Å². The number of H-pyrrole nitrogens is 1. The number of hydrogen-bond acceptors (Lipinski definition) is 5. The highest BCUT2D eigenvalue weighted by Gasteiger charge is 2.12. The number of rotatable bonds is 5. The number of aromatic nitrogens is 3. The Hall–Kier alpha value is -2.57. The van der Waals surface area contributed by atoms with Gasteiger partial charge in [0.15, 0.2) is 0 Å². The number of aromatic amines is 1. The molecule has 0 bridgehead atoms. The molecule has 0 amide bonds. The van der Waals surface area contributed by atoms with Gasteiger partial charge in [0, 0.05) is 41.0 Å². The van der Waals surface area contributed by atoms with Crippen molar-refractivity contribution < 1.29 is 4.74 Å². The largest absolute Gasteiger partial charge is 0.489 e. The molecule has 24 heavy (non-hydrogen) atoms. The highest BCUT2D eigenvalue weighted by atomic mass is 35.5. The Labute approximate surface area is 148 Å². The zero-order valence-electron chi connectivity index (χ0n) is 12.4. The fourth-order valence-corrected chi connectivity index (χ4v) is 2.59. The fraction of sp³-hybridized carbons (Fsp3) is 0.0625. The van der Waals surface area contributed by atoms with Crippen molar-refractivity contribution in [1.29, 1.82) is 5.41 Å². The van der Waals surface area contributed by atoms with Gasteiger partial charge in [-0.25, -0.2) is 0 Å². The van der Waals surface area contributed by atoms with E-state index in [9.17, 15) is 0 Å². The zero-order valence-corrected chi connectivity index (χ0v) is 13.9. The second kappa shape index (κ2) is 6.90. The van der Waals surface area contributed by atoms with Crippen LogP contribution in [0, 0.1) is 5.41 Å². The molecule has 0 aliphatic carbocycles. The van der Waals surface area contributed by atoms with Gasteiger partial charge < -0.3 is 10.5 Å². The number of hydrogen-bond donors (Lipinski definition) is 3. The standard InChI is InChI=1S/C16H13Cl2N5O/c17-13-6-21-7-14(18)12(13)8-24-10-1-2-15(19)11(3-10)16(20)9-4-22-23-5-9/h1-7,20H,8,19H2,(H,22,23). The van der Waals surface area contributed by atoms with E-state index in [1.807, 2.05) is 0 Å². The van der Waals surface area contributed by atoms with Crippen molar-refractivity contribution in [3.05, 3.63) is 69.7 Å². The van der Waals surface area contributed by atoms with E-state index in [-0.39, 0.29) is 12.3 Å². The third-order valence-corrected chi connectivity index (χ3v) is 4.07. The molecule has 0 unspecified atom stereocenters. The van der Waals surface area contributed by atoms with Crippen molar-refractivity contribution in [2.75, 3.05) is 5.73 Å². The normalized spacial score (nSPS) is 10.6. The zero-order chi connectivity index (χ0) is 17.1. The second-order valence-corrected chi connectivity index (χ2v) is 5.80. The van der Waals surface area contributed by atoms with E-state index in [1.165, 1.54) is 12.4 Å². The molecule has 6 nitrogen and oxygen atoms in total. The molecule has 2 aromatic heterocycles. The molecule has 0 saturated heterocycles. The number of ether oxygens (including phenoxy) is 1. The lowest BCUT2D eigenvalue weighted by Gasteiger charge is -2.12. The van der Waals surface area contributed by atoms with Crippen LogP contribution in [0.15, 0.2) is 43.0 Å². The van der Waals surface area contributed by atoms with Crippen molar-refractivity contribution in [2.24, 2.45) is 0 Å². The summed E-state index contributed by atoms with van der Waals surface area (Å²) in [5, 5.41) is 15.6. The molecule has 0 atom stereocenters. The molecule has 4 N–H and O–H groups in total. The molecule has 0 fully saturated rings. The first-order chi connectivity index (χ1) is 11.6. The maximum absolute atomic E-state index is 8.24. The summed E-state index contributed by atoms with van der Waals surface area (Å²) in [6.07, 6.45) is 6.21. The lowest BCUT2D eigenvalue weighted by molar-refractivity contribution is 0.306. The van der Waals surface area contributed by atoms with Crippen molar-refractivity contribution in [3.63, 3.8) is 0 Å². The van der Waals surface area contributed by atoms with Gasteiger partial charge in [-0.3, -0.25) is 15.5 Å². The average molecular weight is 362 g/mol. The molecule has 0 aliphatic heterocycles. The lowest BCUT2D eigenvalue weighted by atomic mass is 10.0. The molecule has 0 spiro atoms. The molecule has 0 aliphatic rings. The van der Waals surface area contributed by atoms with Crippen LogP contribution in [0.5, 0.6) is 5.75 Å². The van der Waals surface area contributed by atoms with Crippen molar-refractivity contribution in [2.45, 2.75) is 6.61 Å². The molecule has 122 valence electrons. The Morgan fingerprint density at radius 3 is 2.62 bits per heavy atom.